The Morgan fingerprint density at radius 2 is 1.76 bits per heavy atom. The second-order valence-corrected chi connectivity index (χ2v) is 4.83. The molecular formula is C17H17N3O. The van der Waals surface area contributed by atoms with Crippen LogP contribution in [-0.4, -0.2) is 22.1 Å². The molecule has 0 amide bonds. The summed E-state index contributed by atoms with van der Waals surface area (Å²) >= 11 is 0. The molecular weight excluding hydrogens is 262 g/mol. The van der Waals surface area contributed by atoms with Gasteiger partial charge in [0.15, 0.2) is 0 Å². The predicted molar refractivity (Wildman–Crippen MR) is 82.2 cm³/mol. The van der Waals surface area contributed by atoms with Gasteiger partial charge in [0.25, 0.3) is 0 Å². The zero-order chi connectivity index (χ0) is 14.5. The first kappa shape index (κ1) is 13.4. The third kappa shape index (κ3) is 3.28. The molecule has 0 radical (unpaired) electrons. The standard InChI is InChI=1S/C17H17N3O/c1-21-16-9-7-15(8-10-16)17-13-20(19-18-17)12-11-14-5-3-2-4-6-14/h2-10,13H,11-12H2,1H3. The lowest BCUT2D eigenvalue weighted by Gasteiger charge is -2.01. The van der Waals surface area contributed by atoms with Crippen molar-refractivity contribution >= 4 is 0 Å². The fourth-order valence-corrected chi connectivity index (χ4v) is 2.19. The molecule has 0 aliphatic carbocycles. The quantitative estimate of drug-likeness (QED) is 0.720. The van der Waals surface area contributed by atoms with Gasteiger partial charge >= 0.3 is 0 Å². The van der Waals surface area contributed by atoms with Crippen LogP contribution in [0, 0.1) is 0 Å². The number of rotatable bonds is 5. The van der Waals surface area contributed by atoms with Crippen LogP contribution >= 0.6 is 0 Å². The Morgan fingerprint density at radius 3 is 2.48 bits per heavy atom. The van der Waals surface area contributed by atoms with E-state index in [4.69, 9.17) is 4.74 Å². The molecule has 0 aliphatic heterocycles. The summed E-state index contributed by atoms with van der Waals surface area (Å²) in [6.45, 7) is 0.827. The lowest BCUT2D eigenvalue weighted by Crippen LogP contribution is -2.01. The minimum absolute atomic E-state index is 0.827. The second kappa shape index (κ2) is 6.22. The zero-order valence-corrected chi connectivity index (χ0v) is 11.9. The molecule has 0 fully saturated rings. The predicted octanol–water partition coefficient (Wildman–Crippen LogP) is 3.20. The van der Waals surface area contributed by atoms with Gasteiger partial charge in [-0.1, -0.05) is 35.5 Å². The van der Waals surface area contributed by atoms with Gasteiger partial charge < -0.3 is 4.74 Å². The average molecular weight is 279 g/mol. The lowest BCUT2D eigenvalue weighted by molar-refractivity contribution is 0.415. The summed E-state index contributed by atoms with van der Waals surface area (Å²) in [6.07, 6.45) is 2.93. The first-order valence-electron chi connectivity index (χ1n) is 6.93. The Bertz CT molecular complexity index is 690. The molecule has 1 heterocycles. The van der Waals surface area contributed by atoms with Gasteiger partial charge in [-0.2, -0.15) is 0 Å². The topological polar surface area (TPSA) is 39.9 Å². The van der Waals surface area contributed by atoms with E-state index in [9.17, 15) is 0 Å². The number of nitrogens with zero attached hydrogens (tertiary/aromatic N) is 3. The van der Waals surface area contributed by atoms with Crippen molar-refractivity contribution in [2.24, 2.45) is 0 Å². The van der Waals surface area contributed by atoms with Crippen LogP contribution in [0.1, 0.15) is 5.56 Å². The molecule has 21 heavy (non-hydrogen) atoms. The largest absolute Gasteiger partial charge is 0.497 e. The SMILES string of the molecule is COc1ccc(-c2cn(CCc3ccccc3)nn2)cc1. The normalized spacial score (nSPS) is 10.5. The second-order valence-electron chi connectivity index (χ2n) is 4.83. The van der Waals surface area contributed by atoms with Crippen LogP contribution in [0.25, 0.3) is 11.3 Å². The highest BCUT2D eigenvalue weighted by molar-refractivity contribution is 5.58. The van der Waals surface area contributed by atoms with Crippen LogP contribution in [0.15, 0.2) is 60.8 Å². The first-order valence-corrected chi connectivity index (χ1v) is 6.93. The maximum atomic E-state index is 5.16. The number of methoxy groups -OCH3 is 1. The Labute approximate surface area is 124 Å². The molecule has 4 heteroatoms. The van der Waals surface area contributed by atoms with E-state index in [1.165, 1.54) is 5.56 Å². The molecule has 3 aromatic rings. The van der Waals surface area contributed by atoms with Crippen molar-refractivity contribution < 1.29 is 4.74 Å². The number of hydrogen-bond acceptors (Lipinski definition) is 3. The van der Waals surface area contributed by atoms with E-state index in [1.54, 1.807) is 7.11 Å². The van der Waals surface area contributed by atoms with Crippen LogP contribution in [-0.2, 0) is 13.0 Å². The number of aromatic nitrogens is 3. The summed E-state index contributed by atoms with van der Waals surface area (Å²) in [4.78, 5) is 0. The van der Waals surface area contributed by atoms with Gasteiger partial charge in [0.05, 0.1) is 13.3 Å². The van der Waals surface area contributed by atoms with Gasteiger partial charge in [-0.15, -0.1) is 5.10 Å². The van der Waals surface area contributed by atoms with Crippen LogP contribution in [0.3, 0.4) is 0 Å². The summed E-state index contributed by atoms with van der Waals surface area (Å²) in [5, 5.41) is 8.41. The molecule has 106 valence electrons. The Hall–Kier alpha value is -2.62. The summed E-state index contributed by atoms with van der Waals surface area (Å²) in [7, 11) is 1.66. The maximum absolute atomic E-state index is 5.16. The highest BCUT2D eigenvalue weighted by Gasteiger charge is 2.04. The van der Waals surface area contributed by atoms with Gasteiger partial charge in [0, 0.05) is 12.1 Å². The van der Waals surface area contributed by atoms with E-state index in [2.05, 4.69) is 34.6 Å². The van der Waals surface area contributed by atoms with E-state index < -0.39 is 0 Å². The van der Waals surface area contributed by atoms with Gasteiger partial charge in [-0.3, -0.25) is 4.68 Å². The van der Waals surface area contributed by atoms with Crippen molar-refractivity contribution in [2.45, 2.75) is 13.0 Å². The highest BCUT2D eigenvalue weighted by atomic mass is 16.5. The van der Waals surface area contributed by atoms with Crippen molar-refractivity contribution in [3.63, 3.8) is 0 Å². The van der Waals surface area contributed by atoms with Crippen LogP contribution < -0.4 is 4.74 Å². The molecule has 0 saturated heterocycles. The van der Waals surface area contributed by atoms with Crippen LogP contribution in [0.2, 0.25) is 0 Å². The monoisotopic (exact) mass is 279 g/mol. The third-order valence-electron chi connectivity index (χ3n) is 3.40. The molecule has 2 aromatic carbocycles. The third-order valence-corrected chi connectivity index (χ3v) is 3.40. The minimum Gasteiger partial charge on any atom is -0.497 e. The van der Waals surface area contributed by atoms with Crippen LogP contribution in [0.5, 0.6) is 5.75 Å². The van der Waals surface area contributed by atoms with E-state index >= 15 is 0 Å². The van der Waals surface area contributed by atoms with E-state index in [1.807, 2.05) is 41.2 Å². The molecule has 4 nitrogen and oxygen atoms in total. The van der Waals surface area contributed by atoms with Crippen molar-refractivity contribution in [2.75, 3.05) is 7.11 Å². The van der Waals surface area contributed by atoms with E-state index in [-0.39, 0.29) is 0 Å². The molecule has 0 atom stereocenters. The van der Waals surface area contributed by atoms with Crippen LogP contribution in [0.4, 0.5) is 0 Å². The molecule has 0 N–H and O–H groups in total. The fourth-order valence-electron chi connectivity index (χ4n) is 2.19. The Balaban J connectivity index is 1.68. The summed E-state index contributed by atoms with van der Waals surface area (Å²) < 4.78 is 7.04. The Morgan fingerprint density at radius 1 is 1.00 bits per heavy atom. The van der Waals surface area contributed by atoms with Crippen molar-refractivity contribution in [3.05, 3.63) is 66.4 Å². The van der Waals surface area contributed by atoms with Gasteiger partial charge in [-0.05, 0) is 36.2 Å². The lowest BCUT2D eigenvalue weighted by atomic mass is 10.1. The fraction of sp³-hybridized carbons (Fsp3) is 0.176. The molecule has 0 aliphatic rings. The Kier molecular flexibility index (Phi) is 3.96. The molecule has 0 spiro atoms. The van der Waals surface area contributed by atoms with Gasteiger partial charge in [0.1, 0.15) is 11.4 Å². The average Bonchev–Trinajstić information content (AvgIpc) is 3.03. The summed E-state index contributed by atoms with van der Waals surface area (Å²) in [5.41, 5.74) is 3.23. The van der Waals surface area contributed by atoms with Crippen molar-refractivity contribution in [3.8, 4) is 17.0 Å². The summed E-state index contributed by atoms with van der Waals surface area (Å²) in [5.74, 6) is 0.843. The summed E-state index contributed by atoms with van der Waals surface area (Å²) in [6, 6.07) is 18.2. The molecule has 0 bridgehead atoms. The molecule has 0 saturated carbocycles. The van der Waals surface area contributed by atoms with E-state index in [0.29, 0.717) is 0 Å². The van der Waals surface area contributed by atoms with Crippen molar-refractivity contribution in [1.29, 1.82) is 0 Å². The maximum Gasteiger partial charge on any atom is 0.118 e. The van der Waals surface area contributed by atoms with E-state index in [0.717, 1.165) is 30.0 Å². The first-order chi connectivity index (χ1) is 10.3. The van der Waals surface area contributed by atoms with Gasteiger partial charge in [-0.25, -0.2) is 0 Å². The number of aryl methyl sites for hydroxylation is 2. The number of hydrogen-bond donors (Lipinski definition) is 0. The zero-order valence-electron chi connectivity index (χ0n) is 11.9. The smallest absolute Gasteiger partial charge is 0.118 e. The minimum atomic E-state index is 0.827. The molecule has 0 unspecified atom stereocenters. The molecule has 3 rings (SSSR count). The molecule has 1 aromatic heterocycles. The van der Waals surface area contributed by atoms with Gasteiger partial charge in [0.2, 0.25) is 0 Å². The van der Waals surface area contributed by atoms with Crippen molar-refractivity contribution in [1.82, 2.24) is 15.0 Å². The number of benzene rings is 2. The number of ether oxygens (including phenoxy) is 1. The highest BCUT2D eigenvalue weighted by Crippen LogP contribution is 2.19.